The summed E-state index contributed by atoms with van der Waals surface area (Å²) in [6.07, 6.45) is 8.89. The van der Waals surface area contributed by atoms with Crippen LogP contribution in [0, 0.1) is 5.41 Å². The minimum atomic E-state index is 0.188. The van der Waals surface area contributed by atoms with Gasteiger partial charge < -0.3 is 10.2 Å². The van der Waals surface area contributed by atoms with Crippen molar-refractivity contribution in [3.05, 3.63) is 48.5 Å². The van der Waals surface area contributed by atoms with Gasteiger partial charge in [-0.15, -0.1) is 0 Å². The molecule has 1 amide bonds. The van der Waals surface area contributed by atoms with Crippen molar-refractivity contribution < 1.29 is 4.79 Å². The van der Waals surface area contributed by atoms with Gasteiger partial charge in [0.2, 0.25) is 11.9 Å². The largest absolute Gasteiger partial charge is 0.351 e. The molecular formula is C18H21N5O. The molecule has 1 aliphatic carbocycles. The lowest BCUT2D eigenvalue weighted by atomic mass is 9.65. The van der Waals surface area contributed by atoms with Crippen LogP contribution in [0.2, 0.25) is 0 Å². The standard InChI is InChI=1S/C18H21N5O/c24-16(10-14-4-1-2-6-19-14)23-9-5-18(13-23)11-15(12-18)22-17-20-7-3-8-21-17/h1-4,6-8,15H,5,9-13H2,(H,20,21,22). The summed E-state index contributed by atoms with van der Waals surface area (Å²) in [5.41, 5.74) is 1.13. The number of hydrogen-bond acceptors (Lipinski definition) is 5. The van der Waals surface area contributed by atoms with Crippen LogP contribution >= 0.6 is 0 Å². The number of likely N-dealkylation sites (tertiary alicyclic amines) is 1. The van der Waals surface area contributed by atoms with Crippen LogP contribution in [-0.4, -0.2) is 44.9 Å². The molecule has 24 heavy (non-hydrogen) atoms. The van der Waals surface area contributed by atoms with E-state index in [1.54, 1.807) is 18.6 Å². The van der Waals surface area contributed by atoms with Crippen LogP contribution in [0.5, 0.6) is 0 Å². The predicted octanol–water partition coefficient (Wildman–Crippen LogP) is 1.91. The molecule has 6 nitrogen and oxygen atoms in total. The summed E-state index contributed by atoms with van der Waals surface area (Å²) in [4.78, 5) is 27.1. The van der Waals surface area contributed by atoms with Gasteiger partial charge in [-0.05, 0) is 42.9 Å². The van der Waals surface area contributed by atoms with Crippen molar-refractivity contribution in [2.45, 2.75) is 31.7 Å². The first kappa shape index (κ1) is 15.1. The van der Waals surface area contributed by atoms with Crippen molar-refractivity contribution in [1.29, 1.82) is 0 Å². The fourth-order valence-electron chi connectivity index (χ4n) is 3.89. The number of rotatable bonds is 4. The Kier molecular flexibility index (Phi) is 3.88. The molecule has 3 heterocycles. The highest BCUT2D eigenvalue weighted by Gasteiger charge is 2.49. The number of nitrogens with zero attached hydrogens (tertiary/aromatic N) is 4. The molecule has 124 valence electrons. The normalized spacial score (nSPS) is 25.5. The van der Waals surface area contributed by atoms with Gasteiger partial charge in [-0.25, -0.2) is 9.97 Å². The van der Waals surface area contributed by atoms with E-state index in [0.29, 0.717) is 18.4 Å². The van der Waals surface area contributed by atoms with Crippen molar-refractivity contribution >= 4 is 11.9 Å². The first-order valence-corrected chi connectivity index (χ1v) is 8.44. The summed E-state index contributed by atoms with van der Waals surface area (Å²) < 4.78 is 0. The maximum absolute atomic E-state index is 12.5. The first-order valence-electron chi connectivity index (χ1n) is 8.44. The second-order valence-corrected chi connectivity index (χ2v) is 6.89. The Morgan fingerprint density at radius 1 is 1.17 bits per heavy atom. The zero-order valence-corrected chi connectivity index (χ0v) is 13.6. The second-order valence-electron chi connectivity index (χ2n) is 6.89. The van der Waals surface area contributed by atoms with Crippen LogP contribution in [-0.2, 0) is 11.2 Å². The molecule has 0 atom stereocenters. The highest BCUT2D eigenvalue weighted by atomic mass is 16.2. The molecule has 2 aliphatic rings. The van der Waals surface area contributed by atoms with Crippen LogP contribution in [0.4, 0.5) is 5.95 Å². The molecule has 6 heteroatoms. The third-order valence-corrected chi connectivity index (χ3v) is 5.11. The highest BCUT2D eigenvalue weighted by Crippen LogP contribution is 2.49. The summed E-state index contributed by atoms with van der Waals surface area (Å²) in [7, 11) is 0. The van der Waals surface area contributed by atoms with Gasteiger partial charge in [0, 0.05) is 43.4 Å². The molecule has 0 radical (unpaired) electrons. The van der Waals surface area contributed by atoms with Crippen molar-refractivity contribution in [2.75, 3.05) is 18.4 Å². The van der Waals surface area contributed by atoms with Crippen LogP contribution in [0.25, 0.3) is 0 Å². The van der Waals surface area contributed by atoms with E-state index >= 15 is 0 Å². The molecule has 1 aliphatic heterocycles. The van der Waals surface area contributed by atoms with Gasteiger partial charge in [0.05, 0.1) is 6.42 Å². The fourth-order valence-corrected chi connectivity index (χ4v) is 3.89. The quantitative estimate of drug-likeness (QED) is 0.930. The zero-order chi connectivity index (χ0) is 16.4. The van der Waals surface area contributed by atoms with E-state index in [2.05, 4.69) is 20.3 Å². The average Bonchev–Trinajstić information content (AvgIpc) is 3.02. The maximum atomic E-state index is 12.5. The summed E-state index contributed by atoms with van der Waals surface area (Å²) in [5.74, 6) is 0.881. The predicted molar refractivity (Wildman–Crippen MR) is 90.2 cm³/mol. The monoisotopic (exact) mass is 323 g/mol. The molecule has 1 saturated heterocycles. The van der Waals surface area contributed by atoms with E-state index in [0.717, 1.165) is 38.0 Å². The van der Waals surface area contributed by atoms with Gasteiger partial charge in [0.25, 0.3) is 0 Å². The van der Waals surface area contributed by atoms with E-state index in [1.807, 2.05) is 29.2 Å². The number of anilines is 1. The maximum Gasteiger partial charge on any atom is 0.228 e. The Morgan fingerprint density at radius 3 is 2.71 bits per heavy atom. The molecular weight excluding hydrogens is 302 g/mol. The summed E-state index contributed by atoms with van der Waals surface area (Å²) >= 11 is 0. The van der Waals surface area contributed by atoms with Crippen molar-refractivity contribution in [3.8, 4) is 0 Å². The Bertz CT molecular complexity index is 700. The lowest BCUT2D eigenvalue weighted by Gasteiger charge is -2.45. The second kappa shape index (κ2) is 6.19. The highest BCUT2D eigenvalue weighted by molar-refractivity contribution is 5.78. The van der Waals surface area contributed by atoms with Crippen molar-refractivity contribution in [2.24, 2.45) is 5.41 Å². The van der Waals surface area contributed by atoms with Crippen LogP contribution in [0.1, 0.15) is 25.0 Å². The molecule has 0 aromatic carbocycles. The van der Waals surface area contributed by atoms with Gasteiger partial charge in [-0.3, -0.25) is 9.78 Å². The summed E-state index contributed by atoms with van der Waals surface area (Å²) in [6, 6.07) is 7.94. The van der Waals surface area contributed by atoms with E-state index in [1.165, 1.54) is 0 Å². The van der Waals surface area contributed by atoms with Crippen molar-refractivity contribution in [1.82, 2.24) is 19.9 Å². The minimum absolute atomic E-state index is 0.188. The topological polar surface area (TPSA) is 71.0 Å². The molecule has 1 spiro atoms. The molecule has 1 saturated carbocycles. The fraction of sp³-hybridized carbons (Fsp3) is 0.444. The van der Waals surface area contributed by atoms with Gasteiger partial charge >= 0.3 is 0 Å². The molecule has 0 unspecified atom stereocenters. The van der Waals surface area contributed by atoms with Gasteiger partial charge in [-0.1, -0.05) is 6.07 Å². The Hall–Kier alpha value is -2.50. The minimum Gasteiger partial charge on any atom is -0.351 e. The Balaban J connectivity index is 1.29. The number of carbonyl (C=O) groups is 1. The van der Waals surface area contributed by atoms with E-state index in [-0.39, 0.29) is 11.3 Å². The van der Waals surface area contributed by atoms with Gasteiger partial charge in [0.15, 0.2) is 0 Å². The number of aromatic nitrogens is 3. The molecule has 1 N–H and O–H groups in total. The van der Waals surface area contributed by atoms with Gasteiger partial charge in [0.1, 0.15) is 0 Å². The van der Waals surface area contributed by atoms with Crippen molar-refractivity contribution in [3.63, 3.8) is 0 Å². The van der Waals surface area contributed by atoms with Crippen LogP contribution in [0.3, 0.4) is 0 Å². The van der Waals surface area contributed by atoms with Crippen LogP contribution < -0.4 is 5.32 Å². The Labute approximate surface area is 141 Å². The van der Waals surface area contributed by atoms with Gasteiger partial charge in [-0.2, -0.15) is 0 Å². The summed E-state index contributed by atoms with van der Waals surface area (Å²) in [6.45, 7) is 1.73. The number of nitrogens with one attached hydrogen (secondary N) is 1. The SMILES string of the molecule is O=C(Cc1ccccn1)N1CCC2(CC(Nc3ncccn3)C2)C1. The molecule has 2 aromatic rings. The van der Waals surface area contributed by atoms with E-state index in [9.17, 15) is 4.79 Å². The smallest absolute Gasteiger partial charge is 0.228 e. The molecule has 0 bridgehead atoms. The molecule has 2 aromatic heterocycles. The zero-order valence-electron chi connectivity index (χ0n) is 13.6. The average molecular weight is 323 g/mol. The molecule has 4 rings (SSSR count). The van der Waals surface area contributed by atoms with E-state index < -0.39 is 0 Å². The third-order valence-electron chi connectivity index (χ3n) is 5.11. The Morgan fingerprint density at radius 2 is 1.96 bits per heavy atom. The number of hydrogen-bond donors (Lipinski definition) is 1. The number of pyridine rings is 1. The molecule has 2 fully saturated rings. The number of amides is 1. The first-order chi connectivity index (χ1) is 11.7. The third kappa shape index (κ3) is 3.09. The number of carbonyl (C=O) groups excluding carboxylic acids is 1. The van der Waals surface area contributed by atoms with Crippen LogP contribution in [0.15, 0.2) is 42.9 Å². The lowest BCUT2D eigenvalue weighted by molar-refractivity contribution is -0.130. The lowest BCUT2D eigenvalue weighted by Crippen LogP contribution is -2.47. The summed E-state index contributed by atoms with van der Waals surface area (Å²) in [5, 5.41) is 3.38. The van der Waals surface area contributed by atoms with E-state index in [4.69, 9.17) is 0 Å².